The highest BCUT2D eigenvalue weighted by molar-refractivity contribution is 5.69. The van der Waals surface area contributed by atoms with Crippen LogP contribution in [0.25, 0.3) is 0 Å². The maximum atomic E-state index is 10.4. The minimum atomic E-state index is -0.711. The molecular formula is C20H40O6. The van der Waals surface area contributed by atoms with Crippen LogP contribution in [0.1, 0.15) is 105 Å². The molecule has 0 aromatic rings. The van der Waals surface area contributed by atoms with Gasteiger partial charge in [-0.3, -0.25) is 14.4 Å². The van der Waals surface area contributed by atoms with Gasteiger partial charge in [0.25, 0.3) is 0 Å². The summed E-state index contributed by atoms with van der Waals surface area (Å²) in [6.45, 7) is 7.99. The summed E-state index contributed by atoms with van der Waals surface area (Å²) in [6, 6.07) is 0. The molecule has 6 heteroatoms. The van der Waals surface area contributed by atoms with Crippen LogP contribution in [0.4, 0.5) is 0 Å². The molecule has 6 nitrogen and oxygen atoms in total. The predicted molar refractivity (Wildman–Crippen MR) is 104 cm³/mol. The molecule has 0 aliphatic carbocycles. The third-order valence-corrected chi connectivity index (χ3v) is 3.71. The average Bonchev–Trinajstić information content (AvgIpc) is 2.56. The van der Waals surface area contributed by atoms with Gasteiger partial charge in [-0.1, -0.05) is 66.2 Å². The molecule has 0 bridgehead atoms. The summed E-state index contributed by atoms with van der Waals surface area (Å²) < 4.78 is 0. The molecule has 0 fully saturated rings. The van der Waals surface area contributed by atoms with Gasteiger partial charge in [0.2, 0.25) is 0 Å². The molecule has 0 rings (SSSR count). The highest BCUT2D eigenvalue weighted by Crippen LogP contribution is 2.11. The van der Waals surface area contributed by atoms with Crippen LogP contribution in [0.5, 0.6) is 0 Å². The lowest BCUT2D eigenvalue weighted by Gasteiger charge is -2.06. The fourth-order valence-electron chi connectivity index (χ4n) is 2.05. The number of rotatable bonds is 13. The summed E-state index contributed by atoms with van der Waals surface area (Å²) in [6.07, 6.45) is 10.6. The van der Waals surface area contributed by atoms with Crippen LogP contribution in [0, 0.1) is 5.92 Å². The molecule has 0 saturated heterocycles. The van der Waals surface area contributed by atoms with Crippen molar-refractivity contribution in [3.63, 3.8) is 0 Å². The van der Waals surface area contributed by atoms with Gasteiger partial charge in [-0.2, -0.15) is 0 Å². The van der Waals surface area contributed by atoms with Crippen molar-refractivity contribution in [1.82, 2.24) is 0 Å². The summed E-state index contributed by atoms with van der Waals surface area (Å²) in [4.78, 5) is 30.1. The number of carboxylic acids is 3. The summed E-state index contributed by atoms with van der Waals surface area (Å²) >= 11 is 0. The quantitative estimate of drug-likeness (QED) is 0.361. The van der Waals surface area contributed by atoms with Crippen LogP contribution < -0.4 is 0 Å². The molecule has 1 unspecified atom stereocenters. The molecule has 26 heavy (non-hydrogen) atoms. The van der Waals surface area contributed by atoms with Crippen LogP contribution in [-0.4, -0.2) is 33.2 Å². The van der Waals surface area contributed by atoms with Gasteiger partial charge in [0.1, 0.15) is 0 Å². The Morgan fingerprint density at radius 2 is 1.15 bits per heavy atom. The van der Waals surface area contributed by atoms with Crippen LogP contribution in [-0.2, 0) is 14.4 Å². The van der Waals surface area contributed by atoms with Gasteiger partial charge in [0.15, 0.2) is 0 Å². The van der Waals surface area contributed by atoms with E-state index in [9.17, 15) is 14.4 Å². The molecule has 0 radical (unpaired) electrons. The van der Waals surface area contributed by atoms with E-state index in [1.165, 1.54) is 19.3 Å². The SMILES string of the molecule is CCCC(=O)O.CCCCC(CC)C(=O)O.CCCCCCCC(=O)O. The first-order valence-electron chi connectivity index (χ1n) is 9.92. The van der Waals surface area contributed by atoms with E-state index < -0.39 is 17.9 Å². The summed E-state index contributed by atoms with van der Waals surface area (Å²) in [7, 11) is 0. The number of carboxylic acid groups (broad SMARTS) is 3. The van der Waals surface area contributed by atoms with Crippen LogP contribution >= 0.6 is 0 Å². The molecule has 156 valence electrons. The predicted octanol–water partition coefficient (Wildman–Crippen LogP) is 5.59. The summed E-state index contributed by atoms with van der Waals surface area (Å²) in [5.41, 5.74) is 0. The molecule has 0 aliphatic heterocycles. The number of hydrogen-bond donors (Lipinski definition) is 3. The lowest BCUT2D eigenvalue weighted by atomic mass is 10.00. The topological polar surface area (TPSA) is 112 Å². The van der Waals surface area contributed by atoms with Crippen molar-refractivity contribution in [1.29, 1.82) is 0 Å². The van der Waals surface area contributed by atoms with Crippen molar-refractivity contribution >= 4 is 17.9 Å². The van der Waals surface area contributed by atoms with Crippen LogP contribution in [0.2, 0.25) is 0 Å². The lowest BCUT2D eigenvalue weighted by molar-refractivity contribution is -0.142. The van der Waals surface area contributed by atoms with E-state index in [4.69, 9.17) is 15.3 Å². The van der Waals surface area contributed by atoms with Gasteiger partial charge in [0, 0.05) is 12.8 Å². The van der Waals surface area contributed by atoms with Gasteiger partial charge < -0.3 is 15.3 Å². The number of carbonyl (C=O) groups is 3. The Kier molecular flexibility index (Phi) is 26.3. The minimum absolute atomic E-state index is 0.111. The maximum Gasteiger partial charge on any atom is 0.306 e. The smallest absolute Gasteiger partial charge is 0.306 e. The fraction of sp³-hybridized carbons (Fsp3) is 0.850. The Hall–Kier alpha value is -1.59. The molecule has 0 spiro atoms. The van der Waals surface area contributed by atoms with Gasteiger partial charge in [-0.15, -0.1) is 0 Å². The van der Waals surface area contributed by atoms with Crippen molar-refractivity contribution in [2.75, 3.05) is 0 Å². The summed E-state index contributed by atoms with van der Waals surface area (Å²) in [5, 5.41) is 24.8. The zero-order valence-corrected chi connectivity index (χ0v) is 17.1. The number of hydrogen-bond acceptors (Lipinski definition) is 3. The molecule has 0 saturated carbocycles. The Morgan fingerprint density at radius 3 is 1.46 bits per heavy atom. The van der Waals surface area contributed by atoms with Gasteiger partial charge in [0.05, 0.1) is 5.92 Å². The van der Waals surface area contributed by atoms with E-state index in [0.717, 1.165) is 44.9 Å². The van der Waals surface area contributed by atoms with E-state index in [0.29, 0.717) is 12.8 Å². The largest absolute Gasteiger partial charge is 0.481 e. The first-order chi connectivity index (χ1) is 12.3. The Bertz CT molecular complexity index is 341. The monoisotopic (exact) mass is 376 g/mol. The third kappa shape index (κ3) is 30.3. The van der Waals surface area contributed by atoms with Crippen molar-refractivity contribution < 1.29 is 29.7 Å². The van der Waals surface area contributed by atoms with Crippen molar-refractivity contribution in [2.45, 2.75) is 105 Å². The molecule has 3 N–H and O–H groups in total. The number of unbranched alkanes of at least 4 members (excludes halogenated alkanes) is 5. The average molecular weight is 377 g/mol. The minimum Gasteiger partial charge on any atom is -0.481 e. The zero-order chi connectivity index (χ0) is 20.8. The van der Waals surface area contributed by atoms with Gasteiger partial charge >= 0.3 is 17.9 Å². The van der Waals surface area contributed by atoms with Gasteiger partial charge in [-0.05, 0) is 25.7 Å². The molecule has 0 aliphatic rings. The maximum absolute atomic E-state index is 10.4. The van der Waals surface area contributed by atoms with E-state index in [1.807, 2.05) is 13.8 Å². The van der Waals surface area contributed by atoms with E-state index in [1.54, 1.807) is 0 Å². The third-order valence-electron chi connectivity index (χ3n) is 3.71. The van der Waals surface area contributed by atoms with E-state index in [-0.39, 0.29) is 5.92 Å². The zero-order valence-electron chi connectivity index (χ0n) is 17.1. The first-order valence-corrected chi connectivity index (χ1v) is 9.92. The first kappa shape index (κ1) is 29.2. The van der Waals surface area contributed by atoms with Crippen LogP contribution in [0.15, 0.2) is 0 Å². The Balaban J connectivity index is -0.000000316. The summed E-state index contributed by atoms with van der Waals surface area (Å²) in [5.74, 6) is -2.13. The second-order valence-electron chi connectivity index (χ2n) is 6.29. The Labute approximate surface area is 159 Å². The fourth-order valence-corrected chi connectivity index (χ4v) is 2.05. The second kappa shape index (κ2) is 23.4. The molecule has 0 heterocycles. The highest BCUT2D eigenvalue weighted by Gasteiger charge is 2.12. The molecule has 0 amide bonds. The number of aliphatic carboxylic acids is 3. The molecular weight excluding hydrogens is 336 g/mol. The Morgan fingerprint density at radius 1 is 0.654 bits per heavy atom. The molecule has 1 atom stereocenters. The van der Waals surface area contributed by atoms with E-state index >= 15 is 0 Å². The van der Waals surface area contributed by atoms with Crippen molar-refractivity contribution in [3.05, 3.63) is 0 Å². The van der Waals surface area contributed by atoms with Crippen molar-refractivity contribution in [2.24, 2.45) is 5.92 Å². The second-order valence-corrected chi connectivity index (χ2v) is 6.29. The van der Waals surface area contributed by atoms with Crippen LogP contribution in [0.3, 0.4) is 0 Å². The molecule has 0 aromatic carbocycles. The normalized spacial score (nSPS) is 10.6. The highest BCUT2D eigenvalue weighted by atomic mass is 16.4. The lowest BCUT2D eigenvalue weighted by Crippen LogP contribution is -2.11. The molecule has 0 aromatic heterocycles. The van der Waals surface area contributed by atoms with Gasteiger partial charge in [-0.25, -0.2) is 0 Å². The standard InChI is InChI=1S/2C8H16O2.C4H8O2/c1-3-5-6-7(4-2)8(9)10;1-2-3-4-5-6-7-8(9)10;1-2-3-4(5)6/h7H,3-6H2,1-2H3,(H,9,10);2-7H2,1H3,(H,9,10);2-3H2,1H3,(H,5,6). The van der Waals surface area contributed by atoms with E-state index in [2.05, 4.69) is 13.8 Å². The van der Waals surface area contributed by atoms with Crippen molar-refractivity contribution in [3.8, 4) is 0 Å².